The Hall–Kier alpha value is -1.63. The number of amides is 3. The standard InChI is InChI=1S/C16H30N4O3/c1-11(2)13(17)14(22)18-10-12(21)19-6-8-20(9-7-19)15(23)16(3,4)5/h11,13H,6-10,17H2,1-5H3,(H,18,22)/t13-/m0/s1. The molecule has 3 N–H and O–H groups in total. The number of rotatable bonds is 4. The van der Waals surface area contributed by atoms with E-state index in [-0.39, 0.29) is 30.2 Å². The maximum absolute atomic E-state index is 12.2. The molecule has 0 aromatic heterocycles. The summed E-state index contributed by atoms with van der Waals surface area (Å²) < 4.78 is 0. The van der Waals surface area contributed by atoms with E-state index in [9.17, 15) is 14.4 Å². The molecule has 1 aliphatic heterocycles. The first-order valence-electron chi connectivity index (χ1n) is 8.14. The quantitative estimate of drug-likeness (QED) is 0.748. The number of nitrogens with one attached hydrogen (secondary N) is 1. The molecular weight excluding hydrogens is 296 g/mol. The zero-order valence-electron chi connectivity index (χ0n) is 14.9. The van der Waals surface area contributed by atoms with Crippen LogP contribution in [0.5, 0.6) is 0 Å². The van der Waals surface area contributed by atoms with E-state index in [0.29, 0.717) is 26.2 Å². The van der Waals surface area contributed by atoms with Gasteiger partial charge in [-0.15, -0.1) is 0 Å². The second-order valence-electron chi connectivity index (χ2n) is 7.41. The lowest BCUT2D eigenvalue weighted by molar-refractivity contribution is -0.144. The van der Waals surface area contributed by atoms with E-state index in [4.69, 9.17) is 5.73 Å². The minimum atomic E-state index is -0.607. The SMILES string of the molecule is CC(C)[C@H](N)C(=O)NCC(=O)N1CCN(C(=O)C(C)(C)C)CC1. The first-order chi connectivity index (χ1) is 10.5. The average molecular weight is 326 g/mol. The third-order valence-electron chi connectivity index (χ3n) is 4.00. The van der Waals surface area contributed by atoms with Gasteiger partial charge >= 0.3 is 0 Å². The molecule has 0 unspecified atom stereocenters. The maximum atomic E-state index is 12.2. The molecule has 132 valence electrons. The van der Waals surface area contributed by atoms with Gasteiger partial charge in [0.2, 0.25) is 17.7 Å². The molecule has 1 saturated heterocycles. The summed E-state index contributed by atoms with van der Waals surface area (Å²) >= 11 is 0. The van der Waals surface area contributed by atoms with Crippen LogP contribution in [0.4, 0.5) is 0 Å². The zero-order chi connectivity index (χ0) is 17.8. The maximum Gasteiger partial charge on any atom is 0.242 e. The van der Waals surface area contributed by atoms with Crippen molar-refractivity contribution in [2.24, 2.45) is 17.1 Å². The first-order valence-corrected chi connectivity index (χ1v) is 8.14. The molecule has 1 rings (SSSR count). The topological polar surface area (TPSA) is 95.7 Å². The van der Waals surface area contributed by atoms with Gasteiger partial charge in [-0.05, 0) is 5.92 Å². The molecule has 7 heteroatoms. The summed E-state index contributed by atoms with van der Waals surface area (Å²) in [5.74, 6) is -0.329. The lowest BCUT2D eigenvalue weighted by Crippen LogP contribution is -2.55. The van der Waals surface area contributed by atoms with Crippen molar-refractivity contribution in [3.63, 3.8) is 0 Å². The number of nitrogens with zero attached hydrogens (tertiary/aromatic N) is 2. The first kappa shape index (κ1) is 19.4. The molecule has 1 heterocycles. The van der Waals surface area contributed by atoms with Crippen LogP contribution in [-0.2, 0) is 14.4 Å². The fourth-order valence-corrected chi connectivity index (χ4v) is 2.33. The van der Waals surface area contributed by atoms with Gasteiger partial charge in [0.1, 0.15) is 0 Å². The van der Waals surface area contributed by atoms with E-state index in [1.54, 1.807) is 9.80 Å². The normalized spacial score (nSPS) is 17.2. The summed E-state index contributed by atoms with van der Waals surface area (Å²) in [4.78, 5) is 39.6. The molecule has 0 aromatic carbocycles. The Balaban J connectivity index is 2.41. The highest BCUT2D eigenvalue weighted by Gasteiger charge is 2.30. The lowest BCUT2D eigenvalue weighted by atomic mass is 9.94. The molecule has 0 saturated carbocycles. The van der Waals surface area contributed by atoms with Gasteiger partial charge in [0.25, 0.3) is 0 Å². The Kier molecular flexibility index (Phi) is 6.56. The van der Waals surface area contributed by atoms with Gasteiger partial charge in [0, 0.05) is 31.6 Å². The van der Waals surface area contributed by atoms with E-state index in [2.05, 4.69) is 5.32 Å². The lowest BCUT2D eigenvalue weighted by Gasteiger charge is -2.37. The second kappa shape index (κ2) is 7.77. The molecule has 1 atom stereocenters. The minimum absolute atomic E-state index is 0.0251. The number of piperazine rings is 1. The monoisotopic (exact) mass is 326 g/mol. The highest BCUT2D eigenvalue weighted by atomic mass is 16.2. The smallest absolute Gasteiger partial charge is 0.242 e. The molecule has 7 nitrogen and oxygen atoms in total. The van der Waals surface area contributed by atoms with Crippen molar-refractivity contribution >= 4 is 17.7 Å². The summed E-state index contributed by atoms with van der Waals surface area (Å²) in [6.45, 7) is 11.4. The van der Waals surface area contributed by atoms with Crippen LogP contribution in [0.3, 0.4) is 0 Å². The van der Waals surface area contributed by atoms with E-state index >= 15 is 0 Å². The summed E-state index contributed by atoms with van der Waals surface area (Å²) in [5, 5.41) is 2.58. The predicted octanol–water partition coefficient (Wildman–Crippen LogP) is -0.197. The molecule has 0 radical (unpaired) electrons. The van der Waals surface area contributed by atoms with Crippen molar-refractivity contribution in [3.8, 4) is 0 Å². The largest absolute Gasteiger partial charge is 0.346 e. The number of hydrogen-bond acceptors (Lipinski definition) is 4. The van der Waals surface area contributed by atoms with Crippen LogP contribution in [-0.4, -0.2) is 66.3 Å². The van der Waals surface area contributed by atoms with Crippen LogP contribution in [0.2, 0.25) is 0 Å². The van der Waals surface area contributed by atoms with Gasteiger partial charge < -0.3 is 20.9 Å². The average Bonchev–Trinajstić information content (AvgIpc) is 2.49. The Morgan fingerprint density at radius 1 is 1.04 bits per heavy atom. The van der Waals surface area contributed by atoms with Crippen LogP contribution < -0.4 is 11.1 Å². The van der Waals surface area contributed by atoms with Gasteiger partial charge in [0.15, 0.2) is 0 Å². The van der Waals surface area contributed by atoms with Crippen LogP contribution in [0, 0.1) is 11.3 Å². The highest BCUT2D eigenvalue weighted by molar-refractivity contribution is 5.87. The van der Waals surface area contributed by atoms with Crippen molar-refractivity contribution in [3.05, 3.63) is 0 Å². The van der Waals surface area contributed by atoms with Gasteiger partial charge in [-0.1, -0.05) is 34.6 Å². The zero-order valence-corrected chi connectivity index (χ0v) is 14.9. The van der Waals surface area contributed by atoms with Crippen LogP contribution in [0.25, 0.3) is 0 Å². The molecular formula is C16H30N4O3. The Bertz CT molecular complexity index is 449. The summed E-state index contributed by atoms with van der Waals surface area (Å²) in [5.41, 5.74) is 5.33. The van der Waals surface area contributed by atoms with Gasteiger partial charge in [0.05, 0.1) is 12.6 Å². The number of hydrogen-bond donors (Lipinski definition) is 2. The van der Waals surface area contributed by atoms with Crippen molar-refractivity contribution in [2.75, 3.05) is 32.7 Å². The van der Waals surface area contributed by atoms with Crippen molar-refractivity contribution in [1.82, 2.24) is 15.1 Å². The Morgan fingerprint density at radius 2 is 1.52 bits per heavy atom. The molecule has 0 aliphatic carbocycles. The molecule has 1 fully saturated rings. The second-order valence-corrected chi connectivity index (χ2v) is 7.41. The molecule has 0 spiro atoms. The van der Waals surface area contributed by atoms with Crippen LogP contribution >= 0.6 is 0 Å². The van der Waals surface area contributed by atoms with Crippen molar-refractivity contribution in [2.45, 2.75) is 40.7 Å². The van der Waals surface area contributed by atoms with Crippen LogP contribution in [0.15, 0.2) is 0 Å². The molecule has 1 aliphatic rings. The number of nitrogens with two attached hydrogens (primary N) is 1. The summed E-state index contributed by atoms with van der Waals surface area (Å²) in [7, 11) is 0. The molecule has 23 heavy (non-hydrogen) atoms. The minimum Gasteiger partial charge on any atom is -0.346 e. The van der Waals surface area contributed by atoms with Crippen LogP contribution in [0.1, 0.15) is 34.6 Å². The van der Waals surface area contributed by atoms with Crippen molar-refractivity contribution < 1.29 is 14.4 Å². The number of carbonyl (C=O) groups excluding carboxylic acids is 3. The third-order valence-corrected chi connectivity index (χ3v) is 4.00. The summed E-state index contributed by atoms with van der Waals surface area (Å²) in [6, 6.07) is -0.607. The van der Waals surface area contributed by atoms with E-state index in [1.807, 2.05) is 34.6 Å². The molecule has 0 aromatic rings. The predicted molar refractivity (Wildman–Crippen MR) is 88.4 cm³/mol. The van der Waals surface area contributed by atoms with E-state index in [0.717, 1.165) is 0 Å². The van der Waals surface area contributed by atoms with E-state index in [1.165, 1.54) is 0 Å². The highest BCUT2D eigenvalue weighted by Crippen LogP contribution is 2.18. The Morgan fingerprint density at radius 3 is 1.96 bits per heavy atom. The van der Waals surface area contributed by atoms with Crippen molar-refractivity contribution in [1.29, 1.82) is 0 Å². The third kappa shape index (κ3) is 5.49. The molecule has 3 amide bonds. The van der Waals surface area contributed by atoms with Gasteiger partial charge in [-0.25, -0.2) is 0 Å². The Labute approximate surface area is 138 Å². The number of carbonyl (C=O) groups is 3. The fourth-order valence-electron chi connectivity index (χ4n) is 2.33. The molecule has 0 bridgehead atoms. The summed E-state index contributed by atoms with van der Waals surface area (Å²) in [6.07, 6.45) is 0. The fraction of sp³-hybridized carbons (Fsp3) is 0.812. The van der Waals surface area contributed by atoms with E-state index < -0.39 is 11.5 Å². The van der Waals surface area contributed by atoms with Gasteiger partial charge in [-0.3, -0.25) is 14.4 Å². The van der Waals surface area contributed by atoms with Gasteiger partial charge in [-0.2, -0.15) is 0 Å².